The second-order valence-electron chi connectivity index (χ2n) is 26.0. The summed E-state index contributed by atoms with van der Waals surface area (Å²) in [6, 6.07) is 32.2. The number of benzene rings is 2. The number of hydrogen-bond acceptors (Lipinski definition) is 13. The molecule has 8 aromatic rings. The number of rotatable bonds is 21. The van der Waals surface area contributed by atoms with E-state index in [0.29, 0.717) is 56.4 Å². The fourth-order valence-electron chi connectivity index (χ4n) is 13.0. The molecule has 6 atom stereocenters. The molecule has 6 aromatic heterocycles. The van der Waals surface area contributed by atoms with E-state index in [1.165, 1.54) is 44.9 Å². The molecule has 0 amide bonds. The highest BCUT2D eigenvalue weighted by Crippen LogP contribution is 2.50. The van der Waals surface area contributed by atoms with Crippen molar-refractivity contribution < 1.29 is 18.9 Å². The third kappa shape index (κ3) is 14.0. The Labute approximate surface area is 494 Å². The van der Waals surface area contributed by atoms with Crippen molar-refractivity contribution in [2.75, 3.05) is 51.5 Å². The van der Waals surface area contributed by atoms with Gasteiger partial charge in [-0.1, -0.05) is 132 Å². The van der Waals surface area contributed by atoms with Gasteiger partial charge in [-0.3, -0.25) is 9.97 Å². The lowest BCUT2D eigenvalue weighted by Crippen LogP contribution is -2.37. The van der Waals surface area contributed by atoms with Crippen molar-refractivity contribution in [3.8, 4) is 44.8 Å². The minimum Gasteiger partial charge on any atom is -0.383 e. The Morgan fingerprint density at radius 1 is 0.554 bits per heavy atom. The van der Waals surface area contributed by atoms with Crippen LogP contribution in [-0.4, -0.2) is 108 Å². The van der Waals surface area contributed by atoms with Crippen molar-refractivity contribution in [3.05, 3.63) is 132 Å². The average Bonchev–Trinajstić information content (AvgIpc) is 3.08. The van der Waals surface area contributed by atoms with Crippen LogP contribution < -0.4 is 16.0 Å². The second-order valence-corrected chi connectivity index (χ2v) is 37.2. The molecule has 2 aliphatic carbocycles. The van der Waals surface area contributed by atoms with Crippen LogP contribution in [0.15, 0.2) is 110 Å². The zero-order chi connectivity index (χ0) is 57.0. The molecule has 2 saturated carbocycles. The van der Waals surface area contributed by atoms with Crippen molar-refractivity contribution in [2.45, 2.75) is 154 Å². The number of methoxy groups -OCH3 is 2. The number of nitrogens with one attached hydrogen (secondary N) is 1. The van der Waals surface area contributed by atoms with E-state index < -0.39 is 16.1 Å². The van der Waals surface area contributed by atoms with Crippen molar-refractivity contribution in [1.29, 1.82) is 0 Å². The molecule has 4 fully saturated rings. The summed E-state index contributed by atoms with van der Waals surface area (Å²) in [5, 5.41) is 13.3. The van der Waals surface area contributed by atoms with Gasteiger partial charge in [0.2, 0.25) is 0 Å². The molecule has 4 bridgehead atoms. The van der Waals surface area contributed by atoms with Crippen LogP contribution in [0.3, 0.4) is 0 Å². The van der Waals surface area contributed by atoms with Gasteiger partial charge in [-0.25, -0.2) is 9.97 Å². The summed E-state index contributed by atoms with van der Waals surface area (Å²) in [5.41, 5.74) is 20.6. The van der Waals surface area contributed by atoms with E-state index in [2.05, 4.69) is 97.1 Å². The first-order valence-corrected chi connectivity index (χ1v) is 37.4. The molecule has 15 nitrogen and oxygen atoms in total. The topological polar surface area (TPSA) is 164 Å². The Morgan fingerprint density at radius 3 is 1.51 bits per heavy atom. The molecule has 2 aliphatic heterocycles. The van der Waals surface area contributed by atoms with E-state index in [-0.39, 0.29) is 7.43 Å². The van der Waals surface area contributed by atoms with Crippen molar-refractivity contribution in [2.24, 2.45) is 11.8 Å². The molecule has 2 aromatic carbocycles. The van der Waals surface area contributed by atoms with Crippen molar-refractivity contribution >= 4 is 39.1 Å². The SMILES string of the molecule is C.COCc1c(C2C[C@H]3CC[C@@H](C2)C3)nc2c(-c3ccc(-c4ccccc4)nc3)cnn2c1N(COCC[Si](C)(C)C)COCC[Si](C)(C)C.COCc1c(C2C[C@H]3CC[C@@H](C2)N3)nc2c(-c3ccc(-c4ccccc4)nc3)cnn2c1N. The van der Waals surface area contributed by atoms with Gasteiger partial charge in [0.25, 0.3) is 0 Å². The first kappa shape index (κ1) is 60.0. The number of nitrogen functional groups attached to an aromatic ring is 1. The van der Waals surface area contributed by atoms with Crippen LogP contribution >= 0.6 is 0 Å². The van der Waals surface area contributed by atoms with Gasteiger partial charge in [-0.15, -0.1) is 0 Å². The van der Waals surface area contributed by atoms with Crippen LogP contribution in [0.1, 0.15) is 99.6 Å². The number of anilines is 2. The normalized spacial score (nSPS) is 20.3. The molecule has 83 heavy (non-hydrogen) atoms. The predicted molar refractivity (Wildman–Crippen MR) is 341 cm³/mol. The highest BCUT2D eigenvalue weighted by atomic mass is 28.3. The fraction of sp³-hybridized carbons (Fsp3) is 0.485. The molecular weight excluding hydrogens is 1070 g/mol. The molecule has 0 spiro atoms. The highest BCUT2D eigenvalue weighted by Gasteiger charge is 2.39. The Kier molecular flexibility index (Phi) is 19.1. The molecule has 17 heteroatoms. The number of hydrogen-bond donors (Lipinski definition) is 2. The number of fused-ring (bicyclic) bond motifs is 6. The highest BCUT2D eigenvalue weighted by molar-refractivity contribution is 6.76. The van der Waals surface area contributed by atoms with Gasteiger partial charge in [0, 0.05) is 124 Å². The summed E-state index contributed by atoms with van der Waals surface area (Å²) in [4.78, 5) is 22.5. The van der Waals surface area contributed by atoms with Crippen molar-refractivity contribution in [3.63, 3.8) is 0 Å². The van der Waals surface area contributed by atoms with Crippen molar-refractivity contribution in [1.82, 2.24) is 44.5 Å². The molecule has 2 unspecified atom stereocenters. The monoisotopic (exact) mass is 1160 g/mol. The zero-order valence-corrected chi connectivity index (χ0v) is 51.6. The van der Waals surface area contributed by atoms with Gasteiger partial charge in [0.1, 0.15) is 25.1 Å². The van der Waals surface area contributed by atoms with Crippen LogP contribution in [0, 0.1) is 11.8 Å². The Bertz CT molecular complexity index is 3360. The molecule has 440 valence electrons. The maximum absolute atomic E-state index is 6.64. The maximum atomic E-state index is 6.64. The molecule has 3 N–H and O–H groups in total. The van der Waals surface area contributed by atoms with E-state index in [1.54, 1.807) is 18.7 Å². The minimum atomic E-state index is -1.25. The van der Waals surface area contributed by atoms with E-state index in [9.17, 15) is 0 Å². The van der Waals surface area contributed by atoms with E-state index in [1.807, 2.05) is 71.8 Å². The summed E-state index contributed by atoms with van der Waals surface area (Å²) in [6.07, 6.45) is 18.7. The molecule has 4 aliphatic rings. The lowest BCUT2D eigenvalue weighted by atomic mass is 9.78. The van der Waals surface area contributed by atoms with Gasteiger partial charge in [-0.05, 0) is 81.0 Å². The molecule has 8 heterocycles. The summed E-state index contributed by atoms with van der Waals surface area (Å²) in [6.45, 7) is 17.6. The summed E-state index contributed by atoms with van der Waals surface area (Å²) in [5.74, 6) is 3.92. The zero-order valence-electron chi connectivity index (χ0n) is 49.6. The van der Waals surface area contributed by atoms with Crippen LogP contribution in [0.5, 0.6) is 0 Å². The number of nitrogens with two attached hydrogens (primary N) is 1. The van der Waals surface area contributed by atoms with Gasteiger partial charge >= 0.3 is 0 Å². The minimum absolute atomic E-state index is 0. The summed E-state index contributed by atoms with van der Waals surface area (Å²) >= 11 is 0. The van der Waals surface area contributed by atoms with Crippen LogP contribution in [0.4, 0.5) is 11.6 Å². The Hall–Kier alpha value is -6.19. The van der Waals surface area contributed by atoms with Crippen LogP contribution in [0.25, 0.3) is 56.1 Å². The van der Waals surface area contributed by atoms with Crippen LogP contribution in [-0.2, 0) is 32.2 Å². The Balaban J connectivity index is 0.000000196. The quantitative estimate of drug-likeness (QED) is 0.0397. The lowest BCUT2D eigenvalue weighted by Gasteiger charge is -2.32. The number of aromatic nitrogens is 8. The Morgan fingerprint density at radius 2 is 1.02 bits per heavy atom. The fourth-order valence-corrected chi connectivity index (χ4v) is 14.5. The molecule has 0 radical (unpaired) electrons. The van der Waals surface area contributed by atoms with Crippen LogP contribution in [0.2, 0.25) is 51.4 Å². The third-order valence-corrected chi connectivity index (χ3v) is 20.8. The number of piperidine rings is 1. The second kappa shape index (κ2) is 26.4. The van der Waals surface area contributed by atoms with Gasteiger partial charge in [0.05, 0.1) is 48.4 Å². The predicted octanol–water partition coefficient (Wildman–Crippen LogP) is 14.2. The maximum Gasteiger partial charge on any atom is 0.165 e. The first-order valence-electron chi connectivity index (χ1n) is 29.9. The molecule has 2 saturated heterocycles. The number of ether oxygens (including phenoxy) is 4. The van der Waals surface area contributed by atoms with Gasteiger partial charge in [-0.2, -0.15) is 19.2 Å². The average molecular weight is 1160 g/mol. The lowest BCUT2D eigenvalue weighted by molar-refractivity contribution is 0.0934. The largest absolute Gasteiger partial charge is 0.383 e. The molecular formula is C66H89N11O4Si2. The number of pyridine rings is 2. The molecule has 12 rings (SSSR count). The summed E-state index contributed by atoms with van der Waals surface area (Å²) < 4.78 is 28.2. The number of nitrogens with zero attached hydrogens (tertiary/aromatic N) is 9. The smallest absolute Gasteiger partial charge is 0.165 e. The standard InChI is InChI=1S/C39H57N5O3Si2.C26H28N6O.CH4/c1-45-26-35-37(33-22-29-13-14-30(21-29)23-33)42-38-34(32-15-16-36(40-24-32)31-11-9-8-10-12-31)25-41-44(38)39(35)43(27-46-17-19-48(2,3)4)28-47-18-20-49(5,6)7;1-33-15-22-24(18-11-19-8-9-20(12-18)30-19)31-26-21(14-29-32(26)25(22)27)17-7-10-23(28-13-17)16-5-3-2-4-6-16;/h8-12,15-16,24-25,29-30,33H,13-14,17-23,26-28H2,1-7H3;2-7,10,13-14,18-20,30H,8-9,11-12,15,27H2,1H3;1H4/t29-,30+,33?;18?,19-,20+;. The van der Waals surface area contributed by atoms with E-state index in [0.717, 1.165) is 134 Å². The van der Waals surface area contributed by atoms with Gasteiger partial charge < -0.3 is 34.9 Å². The summed E-state index contributed by atoms with van der Waals surface area (Å²) in [7, 11) is 0.989. The first-order chi connectivity index (χ1) is 39.7. The third-order valence-electron chi connectivity index (χ3n) is 17.4. The van der Waals surface area contributed by atoms with E-state index in [4.69, 9.17) is 49.7 Å². The van der Waals surface area contributed by atoms with Gasteiger partial charge in [0.15, 0.2) is 11.3 Å². The van der Waals surface area contributed by atoms with E-state index >= 15 is 0 Å².